The average molecular weight is 451 g/mol. The molecule has 0 aliphatic carbocycles. The van der Waals surface area contributed by atoms with E-state index in [0.29, 0.717) is 24.2 Å². The number of hydrogen-bond donors (Lipinski definition) is 2. The van der Waals surface area contributed by atoms with Gasteiger partial charge in [0, 0.05) is 24.3 Å². The number of likely N-dealkylation sites (tertiary alicyclic amines) is 1. The second-order valence-corrected chi connectivity index (χ2v) is 9.33. The second kappa shape index (κ2) is 10.0. The highest BCUT2D eigenvalue weighted by Crippen LogP contribution is 2.27. The molecule has 2 amide bonds. The van der Waals surface area contributed by atoms with Gasteiger partial charge in [-0.3, -0.25) is 9.59 Å². The summed E-state index contributed by atoms with van der Waals surface area (Å²) in [5.74, 6) is -1.42. The van der Waals surface area contributed by atoms with Crippen molar-refractivity contribution in [1.82, 2.24) is 10.2 Å². The molecule has 2 N–H and O–H groups in total. The molecule has 1 aliphatic heterocycles. The van der Waals surface area contributed by atoms with Crippen LogP contribution in [0.2, 0.25) is 0 Å². The third-order valence-corrected chi connectivity index (χ3v) is 6.29. The monoisotopic (exact) mass is 450 g/mol. The van der Waals surface area contributed by atoms with Crippen molar-refractivity contribution in [3.8, 4) is 6.07 Å². The van der Waals surface area contributed by atoms with E-state index < -0.39 is 17.8 Å². The molecule has 1 aliphatic rings. The maximum absolute atomic E-state index is 14.4. The van der Waals surface area contributed by atoms with Crippen molar-refractivity contribution < 1.29 is 14.0 Å². The predicted molar refractivity (Wildman–Crippen MR) is 126 cm³/mol. The van der Waals surface area contributed by atoms with Gasteiger partial charge in [0.15, 0.2) is 0 Å². The van der Waals surface area contributed by atoms with Crippen LogP contribution in [-0.2, 0) is 4.79 Å². The Kier molecular flexibility index (Phi) is 7.37. The van der Waals surface area contributed by atoms with Gasteiger partial charge in [-0.15, -0.1) is 0 Å². The van der Waals surface area contributed by atoms with E-state index in [9.17, 15) is 14.0 Å². The largest absolute Gasteiger partial charge is 0.380 e. The molecule has 174 valence electrons. The number of amides is 2. The highest BCUT2D eigenvalue weighted by Gasteiger charge is 2.36. The standard InChI is InChI=1S/C26H31FN4O2/c1-17(2)23(29-24(32)21-7-5-6-18(3)22(21)27)25(33)31-14-12-26(4,13-15-31)30-20-10-8-19(16-28)9-11-20/h5-11,17,23,30H,12-15H2,1-4H3,(H,29,32). The second-order valence-electron chi connectivity index (χ2n) is 9.33. The lowest BCUT2D eigenvalue weighted by atomic mass is 9.88. The van der Waals surface area contributed by atoms with Gasteiger partial charge in [-0.05, 0) is 68.5 Å². The molecule has 0 spiro atoms. The number of carbonyl (C=O) groups is 2. The molecule has 7 heteroatoms. The van der Waals surface area contributed by atoms with E-state index in [1.165, 1.54) is 6.07 Å². The molecular formula is C26H31FN4O2. The number of carbonyl (C=O) groups excluding carboxylic acids is 2. The SMILES string of the molecule is Cc1cccc(C(=O)NC(C(=O)N2CCC(C)(Nc3ccc(C#N)cc3)CC2)C(C)C)c1F. The van der Waals surface area contributed by atoms with E-state index in [1.54, 1.807) is 36.1 Å². The molecule has 1 unspecified atom stereocenters. The molecular weight excluding hydrogens is 419 g/mol. The molecule has 0 bridgehead atoms. The summed E-state index contributed by atoms with van der Waals surface area (Å²) in [5, 5.41) is 15.2. The third kappa shape index (κ3) is 5.70. The number of anilines is 1. The lowest BCUT2D eigenvalue weighted by Crippen LogP contribution is -2.56. The minimum atomic E-state index is -0.728. The Morgan fingerprint density at radius 2 is 1.76 bits per heavy atom. The maximum Gasteiger partial charge on any atom is 0.254 e. The van der Waals surface area contributed by atoms with Gasteiger partial charge in [-0.1, -0.05) is 26.0 Å². The number of benzene rings is 2. The molecule has 1 saturated heterocycles. The van der Waals surface area contributed by atoms with Crippen LogP contribution in [0, 0.1) is 30.0 Å². The summed E-state index contributed by atoms with van der Waals surface area (Å²) in [5.41, 5.74) is 1.69. The summed E-state index contributed by atoms with van der Waals surface area (Å²) < 4.78 is 14.4. The van der Waals surface area contributed by atoms with Crippen molar-refractivity contribution >= 4 is 17.5 Å². The summed E-state index contributed by atoms with van der Waals surface area (Å²) in [6, 6.07) is 13.4. The molecule has 0 saturated carbocycles. The molecule has 0 radical (unpaired) electrons. The van der Waals surface area contributed by atoms with Crippen LogP contribution in [0.25, 0.3) is 0 Å². The highest BCUT2D eigenvalue weighted by molar-refractivity contribution is 5.98. The quantitative estimate of drug-likeness (QED) is 0.689. The Morgan fingerprint density at radius 3 is 2.33 bits per heavy atom. The lowest BCUT2D eigenvalue weighted by Gasteiger charge is -2.42. The summed E-state index contributed by atoms with van der Waals surface area (Å²) >= 11 is 0. The van der Waals surface area contributed by atoms with Crippen LogP contribution in [0.3, 0.4) is 0 Å². The Bertz CT molecular complexity index is 1050. The Labute approximate surface area is 194 Å². The van der Waals surface area contributed by atoms with Gasteiger partial charge in [0.1, 0.15) is 11.9 Å². The van der Waals surface area contributed by atoms with Gasteiger partial charge in [-0.25, -0.2) is 4.39 Å². The lowest BCUT2D eigenvalue weighted by molar-refractivity contribution is -0.135. The van der Waals surface area contributed by atoms with E-state index in [-0.39, 0.29) is 22.9 Å². The van der Waals surface area contributed by atoms with E-state index in [0.717, 1.165) is 18.5 Å². The van der Waals surface area contributed by atoms with Crippen molar-refractivity contribution in [3.63, 3.8) is 0 Å². The number of aryl methyl sites for hydroxylation is 1. The molecule has 1 atom stereocenters. The fourth-order valence-corrected chi connectivity index (χ4v) is 4.07. The van der Waals surface area contributed by atoms with E-state index in [1.807, 2.05) is 26.0 Å². The van der Waals surface area contributed by atoms with Gasteiger partial charge in [-0.2, -0.15) is 5.26 Å². The Balaban J connectivity index is 1.63. The van der Waals surface area contributed by atoms with Crippen LogP contribution in [0.4, 0.5) is 10.1 Å². The third-order valence-electron chi connectivity index (χ3n) is 6.29. The van der Waals surface area contributed by atoms with Crippen LogP contribution in [0.1, 0.15) is 55.1 Å². The normalized spacial score (nSPS) is 16.1. The van der Waals surface area contributed by atoms with Crippen LogP contribution in [-0.4, -0.2) is 41.4 Å². The van der Waals surface area contributed by atoms with Crippen LogP contribution < -0.4 is 10.6 Å². The zero-order chi connectivity index (χ0) is 24.2. The first-order valence-electron chi connectivity index (χ1n) is 11.3. The first-order valence-corrected chi connectivity index (χ1v) is 11.3. The summed E-state index contributed by atoms with van der Waals surface area (Å²) in [4.78, 5) is 27.8. The topological polar surface area (TPSA) is 85.2 Å². The van der Waals surface area contributed by atoms with Crippen molar-refractivity contribution in [3.05, 3.63) is 65.0 Å². The van der Waals surface area contributed by atoms with Crippen LogP contribution >= 0.6 is 0 Å². The Morgan fingerprint density at radius 1 is 1.12 bits per heavy atom. The zero-order valence-corrected chi connectivity index (χ0v) is 19.6. The van der Waals surface area contributed by atoms with E-state index >= 15 is 0 Å². The number of hydrogen-bond acceptors (Lipinski definition) is 4. The van der Waals surface area contributed by atoms with E-state index in [4.69, 9.17) is 5.26 Å². The molecule has 3 rings (SSSR count). The fraction of sp³-hybridized carbons (Fsp3) is 0.423. The molecule has 6 nitrogen and oxygen atoms in total. The van der Waals surface area contributed by atoms with Crippen molar-refractivity contribution in [2.24, 2.45) is 5.92 Å². The van der Waals surface area contributed by atoms with Gasteiger partial charge in [0.25, 0.3) is 5.91 Å². The fourth-order valence-electron chi connectivity index (χ4n) is 4.07. The minimum Gasteiger partial charge on any atom is -0.380 e. The molecule has 1 heterocycles. The number of nitrogens with zero attached hydrogens (tertiary/aromatic N) is 2. The van der Waals surface area contributed by atoms with Gasteiger partial charge in [0.2, 0.25) is 5.91 Å². The summed E-state index contributed by atoms with van der Waals surface area (Å²) in [6.07, 6.45) is 1.48. The summed E-state index contributed by atoms with van der Waals surface area (Å²) in [6.45, 7) is 8.57. The van der Waals surface area contributed by atoms with Gasteiger partial charge < -0.3 is 15.5 Å². The number of piperidine rings is 1. The molecule has 0 aromatic heterocycles. The molecule has 2 aromatic carbocycles. The van der Waals surface area contributed by atoms with E-state index in [2.05, 4.69) is 23.6 Å². The van der Waals surface area contributed by atoms with Gasteiger partial charge >= 0.3 is 0 Å². The predicted octanol–water partition coefficient (Wildman–Crippen LogP) is 4.25. The van der Waals surface area contributed by atoms with Crippen molar-refractivity contribution in [1.29, 1.82) is 5.26 Å². The first kappa shape index (κ1) is 24.2. The zero-order valence-electron chi connectivity index (χ0n) is 19.6. The maximum atomic E-state index is 14.4. The molecule has 1 fully saturated rings. The average Bonchev–Trinajstić information content (AvgIpc) is 2.79. The number of nitriles is 1. The molecule has 33 heavy (non-hydrogen) atoms. The molecule has 2 aromatic rings. The smallest absolute Gasteiger partial charge is 0.254 e. The van der Waals surface area contributed by atoms with Crippen molar-refractivity contribution in [2.75, 3.05) is 18.4 Å². The number of rotatable bonds is 6. The number of halogens is 1. The highest BCUT2D eigenvalue weighted by atomic mass is 19.1. The van der Waals surface area contributed by atoms with Crippen molar-refractivity contribution in [2.45, 2.75) is 52.1 Å². The first-order chi connectivity index (χ1) is 15.6. The van der Waals surface area contributed by atoms with Crippen LogP contribution in [0.5, 0.6) is 0 Å². The van der Waals surface area contributed by atoms with Crippen LogP contribution in [0.15, 0.2) is 42.5 Å². The number of nitrogens with one attached hydrogen (secondary N) is 2. The minimum absolute atomic E-state index is 0.0497. The summed E-state index contributed by atoms with van der Waals surface area (Å²) in [7, 11) is 0. The van der Waals surface area contributed by atoms with Gasteiger partial charge in [0.05, 0.1) is 17.2 Å². The Hall–Kier alpha value is -3.40.